The summed E-state index contributed by atoms with van der Waals surface area (Å²) in [5, 5.41) is 4.88. The molecule has 0 aliphatic rings. The SMILES string of the molecule is CC(C)CN(CC(C)C)S(=O)(=O)c1ccc(C(=O)Nc2ccc3c(c2)oc2ccccc23)cc1. The summed E-state index contributed by atoms with van der Waals surface area (Å²) in [6, 6.07) is 19.4. The van der Waals surface area contributed by atoms with Gasteiger partial charge in [-0.3, -0.25) is 4.79 Å². The molecular weight excluding hydrogens is 448 g/mol. The normalized spacial score (nSPS) is 12.3. The fourth-order valence-electron chi connectivity index (χ4n) is 4.02. The van der Waals surface area contributed by atoms with Gasteiger partial charge in [0.2, 0.25) is 10.0 Å². The second-order valence-electron chi connectivity index (χ2n) is 9.40. The van der Waals surface area contributed by atoms with Crippen LogP contribution in [0.3, 0.4) is 0 Å². The van der Waals surface area contributed by atoms with Crippen LogP contribution in [-0.2, 0) is 10.0 Å². The molecule has 0 bridgehead atoms. The highest BCUT2D eigenvalue weighted by atomic mass is 32.2. The van der Waals surface area contributed by atoms with Crippen molar-refractivity contribution in [3.05, 3.63) is 72.3 Å². The minimum atomic E-state index is -3.64. The molecular formula is C27H30N2O4S. The highest BCUT2D eigenvalue weighted by Gasteiger charge is 2.26. The Morgan fingerprint density at radius 3 is 2.12 bits per heavy atom. The molecule has 0 saturated carbocycles. The van der Waals surface area contributed by atoms with Crippen molar-refractivity contribution in [2.75, 3.05) is 18.4 Å². The van der Waals surface area contributed by atoms with Gasteiger partial charge in [-0.2, -0.15) is 4.31 Å². The van der Waals surface area contributed by atoms with E-state index in [1.54, 1.807) is 18.2 Å². The van der Waals surface area contributed by atoms with Crippen molar-refractivity contribution in [2.24, 2.45) is 11.8 Å². The zero-order chi connectivity index (χ0) is 24.5. The summed E-state index contributed by atoms with van der Waals surface area (Å²) in [5.74, 6) is 0.103. The van der Waals surface area contributed by atoms with E-state index in [0.717, 1.165) is 16.4 Å². The molecule has 4 aromatic rings. The zero-order valence-electron chi connectivity index (χ0n) is 19.9. The number of hydrogen-bond donors (Lipinski definition) is 1. The minimum Gasteiger partial charge on any atom is -0.456 e. The largest absolute Gasteiger partial charge is 0.456 e. The average Bonchev–Trinajstić information content (AvgIpc) is 3.16. The maximum atomic E-state index is 13.2. The predicted molar refractivity (Wildman–Crippen MR) is 137 cm³/mol. The van der Waals surface area contributed by atoms with E-state index in [4.69, 9.17) is 4.42 Å². The number of carbonyl (C=O) groups excluding carboxylic acids is 1. The topological polar surface area (TPSA) is 79.6 Å². The molecule has 1 aromatic heterocycles. The van der Waals surface area contributed by atoms with Crippen molar-refractivity contribution in [3.63, 3.8) is 0 Å². The fraction of sp³-hybridized carbons (Fsp3) is 0.296. The van der Waals surface area contributed by atoms with Gasteiger partial charge in [0.1, 0.15) is 11.2 Å². The summed E-state index contributed by atoms with van der Waals surface area (Å²) in [7, 11) is -3.64. The molecule has 0 fully saturated rings. The third-order valence-corrected chi connectivity index (χ3v) is 7.37. The summed E-state index contributed by atoms with van der Waals surface area (Å²) in [6.07, 6.45) is 0. The Hall–Kier alpha value is -3.16. The Bertz CT molecular complexity index is 1410. The van der Waals surface area contributed by atoms with Gasteiger partial charge < -0.3 is 9.73 Å². The van der Waals surface area contributed by atoms with E-state index in [-0.39, 0.29) is 22.6 Å². The van der Waals surface area contributed by atoms with Crippen molar-refractivity contribution < 1.29 is 17.6 Å². The Morgan fingerprint density at radius 1 is 0.853 bits per heavy atom. The van der Waals surface area contributed by atoms with Crippen molar-refractivity contribution >= 4 is 43.6 Å². The second kappa shape index (κ2) is 9.60. The molecule has 0 spiro atoms. The molecule has 178 valence electrons. The Kier molecular flexibility index (Phi) is 6.77. The van der Waals surface area contributed by atoms with E-state index >= 15 is 0 Å². The number of furan rings is 1. The van der Waals surface area contributed by atoms with Crippen LogP contribution in [0.4, 0.5) is 5.69 Å². The smallest absolute Gasteiger partial charge is 0.255 e. The lowest BCUT2D eigenvalue weighted by molar-refractivity contribution is 0.102. The molecule has 4 rings (SSSR count). The maximum absolute atomic E-state index is 13.2. The minimum absolute atomic E-state index is 0.189. The Balaban J connectivity index is 1.53. The van der Waals surface area contributed by atoms with Crippen LogP contribution in [0, 0.1) is 11.8 Å². The van der Waals surface area contributed by atoms with E-state index in [2.05, 4.69) is 5.32 Å². The van der Waals surface area contributed by atoms with E-state index in [1.807, 2.05) is 64.1 Å². The first-order valence-corrected chi connectivity index (χ1v) is 12.9. The van der Waals surface area contributed by atoms with Crippen LogP contribution in [-0.4, -0.2) is 31.7 Å². The summed E-state index contributed by atoms with van der Waals surface area (Å²) in [4.78, 5) is 13.0. The monoisotopic (exact) mass is 478 g/mol. The van der Waals surface area contributed by atoms with Gasteiger partial charge in [-0.25, -0.2) is 8.42 Å². The Morgan fingerprint density at radius 2 is 1.47 bits per heavy atom. The summed E-state index contributed by atoms with van der Waals surface area (Å²) in [5.41, 5.74) is 2.47. The number of anilines is 1. The molecule has 0 atom stereocenters. The number of nitrogens with zero attached hydrogens (tertiary/aromatic N) is 1. The summed E-state index contributed by atoms with van der Waals surface area (Å²) < 4.78 is 33.8. The van der Waals surface area contributed by atoms with Crippen LogP contribution in [0.15, 0.2) is 76.0 Å². The number of amides is 1. The quantitative estimate of drug-likeness (QED) is 0.330. The number of hydrogen-bond acceptors (Lipinski definition) is 4. The number of para-hydroxylation sites is 1. The molecule has 0 radical (unpaired) electrons. The van der Waals surface area contributed by atoms with E-state index in [9.17, 15) is 13.2 Å². The number of carbonyl (C=O) groups is 1. The summed E-state index contributed by atoms with van der Waals surface area (Å²) >= 11 is 0. The van der Waals surface area contributed by atoms with Gasteiger partial charge in [0, 0.05) is 41.2 Å². The van der Waals surface area contributed by atoms with Crippen LogP contribution in [0.5, 0.6) is 0 Å². The predicted octanol–water partition coefficient (Wildman–Crippen LogP) is 6.14. The van der Waals surface area contributed by atoms with E-state index < -0.39 is 10.0 Å². The molecule has 3 aromatic carbocycles. The Labute approximate surface area is 200 Å². The van der Waals surface area contributed by atoms with Gasteiger partial charge in [-0.15, -0.1) is 0 Å². The molecule has 0 unspecified atom stereocenters. The number of fused-ring (bicyclic) bond motifs is 3. The molecule has 7 heteroatoms. The molecule has 1 N–H and O–H groups in total. The van der Waals surface area contributed by atoms with Gasteiger partial charge in [0.05, 0.1) is 4.90 Å². The zero-order valence-corrected chi connectivity index (χ0v) is 20.7. The van der Waals surface area contributed by atoms with Gasteiger partial charge in [-0.05, 0) is 54.3 Å². The first kappa shape index (κ1) is 24.0. The van der Waals surface area contributed by atoms with Gasteiger partial charge in [0.25, 0.3) is 5.91 Å². The van der Waals surface area contributed by atoms with E-state index in [1.165, 1.54) is 16.4 Å². The van der Waals surface area contributed by atoms with Crippen LogP contribution < -0.4 is 5.32 Å². The molecule has 1 amide bonds. The highest BCUT2D eigenvalue weighted by Crippen LogP contribution is 2.30. The van der Waals surface area contributed by atoms with Crippen LogP contribution >= 0.6 is 0 Å². The standard InChI is InChI=1S/C27H30N2O4S/c1-18(2)16-29(17-19(3)4)34(31,32)22-12-9-20(10-13-22)27(30)28-21-11-14-24-23-7-5-6-8-25(23)33-26(24)15-21/h5-15,18-19H,16-17H2,1-4H3,(H,28,30). The van der Waals surface area contributed by atoms with Crippen LogP contribution in [0.2, 0.25) is 0 Å². The van der Waals surface area contributed by atoms with Crippen molar-refractivity contribution in [3.8, 4) is 0 Å². The van der Waals surface area contributed by atoms with Crippen LogP contribution in [0.25, 0.3) is 21.9 Å². The third kappa shape index (κ3) is 5.00. The number of nitrogens with one attached hydrogen (secondary N) is 1. The van der Waals surface area contributed by atoms with Gasteiger partial charge >= 0.3 is 0 Å². The second-order valence-corrected chi connectivity index (χ2v) is 11.3. The maximum Gasteiger partial charge on any atom is 0.255 e. The summed E-state index contributed by atoms with van der Waals surface area (Å²) in [6.45, 7) is 8.90. The molecule has 34 heavy (non-hydrogen) atoms. The van der Waals surface area contributed by atoms with Crippen LogP contribution in [0.1, 0.15) is 38.1 Å². The first-order valence-electron chi connectivity index (χ1n) is 11.5. The van der Waals surface area contributed by atoms with Gasteiger partial charge in [-0.1, -0.05) is 45.9 Å². The average molecular weight is 479 g/mol. The number of benzene rings is 3. The van der Waals surface area contributed by atoms with Crippen molar-refractivity contribution in [1.82, 2.24) is 4.31 Å². The fourth-order valence-corrected chi connectivity index (χ4v) is 5.79. The van der Waals surface area contributed by atoms with Crippen molar-refractivity contribution in [1.29, 1.82) is 0 Å². The molecule has 1 heterocycles. The lowest BCUT2D eigenvalue weighted by Crippen LogP contribution is -2.37. The highest BCUT2D eigenvalue weighted by molar-refractivity contribution is 7.89. The van der Waals surface area contributed by atoms with Crippen molar-refractivity contribution in [2.45, 2.75) is 32.6 Å². The molecule has 0 saturated heterocycles. The van der Waals surface area contributed by atoms with E-state index in [0.29, 0.717) is 29.9 Å². The lowest BCUT2D eigenvalue weighted by Gasteiger charge is -2.25. The molecule has 0 aliphatic heterocycles. The number of rotatable bonds is 8. The number of sulfonamides is 1. The molecule has 0 aliphatic carbocycles. The molecule has 6 nitrogen and oxygen atoms in total. The lowest BCUT2D eigenvalue weighted by atomic mass is 10.1. The first-order chi connectivity index (χ1) is 16.1. The third-order valence-electron chi connectivity index (χ3n) is 5.53. The van der Waals surface area contributed by atoms with Gasteiger partial charge in [0.15, 0.2) is 0 Å².